The van der Waals surface area contributed by atoms with Crippen molar-refractivity contribution in [3.05, 3.63) is 22.3 Å². The van der Waals surface area contributed by atoms with E-state index in [0.29, 0.717) is 0 Å². The van der Waals surface area contributed by atoms with Crippen LogP contribution in [0.3, 0.4) is 0 Å². The van der Waals surface area contributed by atoms with Gasteiger partial charge in [-0.1, -0.05) is 5.16 Å². The van der Waals surface area contributed by atoms with Crippen LogP contribution in [0.1, 0.15) is 19.5 Å². The number of nitrogens with one attached hydrogen (secondary N) is 2. The number of anilines is 1. The molecule has 0 aliphatic carbocycles. The minimum Gasteiger partial charge on any atom is -0.477 e. The molecule has 1 aromatic heterocycles. The molecule has 3 heterocycles. The van der Waals surface area contributed by atoms with Crippen LogP contribution in [0.4, 0.5) is 5.13 Å². The largest absolute Gasteiger partial charge is 0.477 e. The van der Waals surface area contributed by atoms with Crippen LogP contribution < -0.4 is 10.6 Å². The first-order valence-corrected chi connectivity index (χ1v) is 12.4. The van der Waals surface area contributed by atoms with E-state index < -0.39 is 52.8 Å². The Morgan fingerprint density at radius 1 is 1.28 bits per heavy atom. The van der Waals surface area contributed by atoms with Gasteiger partial charge in [0, 0.05) is 30.6 Å². The number of amides is 3. The van der Waals surface area contributed by atoms with Crippen molar-refractivity contribution in [3.63, 3.8) is 0 Å². The van der Waals surface area contributed by atoms with Crippen LogP contribution in [0.25, 0.3) is 0 Å². The molecule has 14 nitrogen and oxygen atoms in total. The third-order valence-electron chi connectivity index (χ3n) is 4.58. The van der Waals surface area contributed by atoms with Gasteiger partial charge in [-0.15, -0.1) is 34.7 Å². The minimum absolute atomic E-state index is 0.0571. The van der Waals surface area contributed by atoms with Crippen molar-refractivity contribution in [2.24, 2.45) is 5.16 Å². The Bertz CT molecular complexity index is 1200. The van der Waals surface area contributed by atoms with E-state index in [9.17, 15) is 33.9 Å². The fraction of sp³-hybridized carbons (Fsp3) is 0.368. The number of carbonyl (C=O) groups is 6. The van der Waals surface area contributed by atoms with E-state index in [2.05, 4.69) is 25.6 Å². The van der Waals surface area contributed by atoms with Crippen LogP contribution in [0.5, 0.6) is 0 Å². The number of aliphatic carboxylic acids is 1. The number of carbonyl (C=O) groups excluding carboxylic acids is 5. The number of carboxylic acids is 1. The average Bonchev–Trinajstić information content (AvgIpc) is 3.27. The summed E-state index contributed by atoms with van der Waals surface area (Å²) in [6.45, 7) is 1.95. The summed E-state index contributed by atoms with van der Waals surface area (Å²) in [5.41, 5.74) is -0.588. The van der Waals surface area contributed by atoms with Crippen molar-refractivity contribution in [1.82, 2.24) is 15.2 Å². The number of alkyl halides is 1. The average molecular weight is 560 g/mol. The topological polar surface area (TPSA) is 194 Å². The second kappa shape index (κ2) is 11.5. The smallest absolute Gasteiger partial charge is 0.352 e. The molecule has 2 atom stereocenters. The molecule has 3 amide bonds. The first-order valence-electron chi connectivity index (χ1n) is 9.95. The molecule has 0 radical (unpaired) electrons. The number of hydrogen-bond acceptors (Lipinski definition) is 12. The number of halogens is 1. The van der Waals surface area contributed by atoms with Gasteiger partial charge in [-0.05, 0) is 0 Å². The minimum atomic E-state index is -1.38. The summed E-state index contributed by atoms with van der Waals surface area (Å²) < 4.78 is 4.88. The van der Waals surface area contributed by atoms with E-state index in [0.717, 1.165) is 23.2 Å². The fourth-order valence-corrected chi connectivity index (χ4v) is 5.21. The standard InChI is InChI=1S/C19H18ClN5O9S2/c1-7(26)33-4-9-5-35-17-13(16(30)25(17)14(9)18(31)32)23-15(29)12(24-34-8(2)27)10-6-36-19(21-10)22-11(28)3-20/h6,13,17H,3-5H2,1-2H3,(H,23,29)(H,31,32)(H,21,22,28)/t13?,17-/m1/s1. The van der Waals surface area contributed by atoms with Gasteiger partial charge >= 0.3 is 17.9 Å². The number of thiazole rings is 1. The predicted molar refractivity (Wildman–Crippen MR) is 126 cm³/mol. The molecule has 0 aromatic carbocycles. The van der Waals surface area contributed by atoms with Gasteiger partial charge in [0.15, 0.2) is 10.8 Å². The second-order valence-electron chi connectivity index (χ2n) is 7.14. The van der Waals surface area contributed by atoms with Crippen LogP contribution in [-0.4, -0.2) is 86.0 Å². The Labute approximate surface area is 216 Å². The molecule has 1 aromatic rings. The van der Waals surface area contributed by atoms with Gasteiger partial charge in [0.25, 0.3) is 11.8 Å². The molecule has 2 aliphatic heterocycles. The van der Waals surface area contributed by atoms with E-state index in [-0.39, 0.29) is 40.3 Å². The van der Waals surface area contributed by atoms with Crippen molar-refractivity contribution in [3.8, 4) is 0 Å². The van der Waals surface area contributed by atoms with Crippen molar-refractivity contribution in [2.75, 3.05) is 23.6 Å². The van der Waals surface area contributed by atoms with Crippen molar-refractivity contribution in [2.45, 2.75) is 25.3 Å². The lowest BCUT2D eigenvalue weighted by atomic mass is 10.0. The van der Waals surface area contributed by atoms with Crippen LogP contribution >= 0.6 is 34.7 Å². The van der Waals surface area contributed by atoms with Crippen molar-refractivity contribution in [1.29, 1.82) is 0 Å². The summed E-state index contributed by atoms with van der Waals surface area (Å²) in [6.07, 6.45) is 0. The Kier molecular flexibility index (Phi) is 8.65. The Morgan fingerprint density at radius 2 is 2.00 bits per heavy atom. The maximum Gasteiger partial charge on any atom is 0.352 e. The fourth-order valence-electron chi connectivity index (χ4n) is 3.10. The summed E-state index contributed by atoms with van der Waals surface area (Å²) in [4.78, 5) is 81.1. The summed E-state index contributed by atoms with van der Waals surface area (Å²) in [5, 5.41) is 18.7. The van der Waals surface area contributed by atoms with E-state index in [1.54, 1.807) is 0 Å². The highest BCUT2D eigenvalue weighted by Gasteiger charge is 2.54. The summed E-state index contributed by atoms with van der Waals surface area (Å²) >= 11 is 7.56. The Balaban J connectivity index is 1.79. The number of nitrogens with zero attached hydrogens (tertiary/aromatic N) is 3. The van der Waals surface area contributed by atoms with E-state index in [1.807, 2.05) is 0 Å². The van der Waals surface area contributed by atoms with E-state index >= 15 is 0 Å². The number of carboxylic acid groups (broad SMARTS) is 1. The summed E-state index contributed by atoms with van der Waals surface area (Å²) in [5.74, 6) is -5.17. The van der Waals surface area contributed by atoms with Crippen LogP contribution in [0, 0.1) is 0 Å². The molecule has 0 saturated carbocycles. The number of ether oxygens (including phenoxy) is 1. The summed E-state index contributed by atoms with van der Waals surface area (Å²) in [6, 6.07) is -1.12. The second-order valence-corrected chi connectivity index (χ2v) is 9.37. The first-order chi connectivity index (χ1) is 17.0. The van der Waals surface area contributed by atoms with Gasteiger partial charge in [0.05, 0.1) is 0 Å². The normalized spacial score (nSPS) is 19.1. The molecular formula is C19H18ClN5O9S2. The molecular weight excluding hydrogens is 542 g/mol. The number of rotatable bonds is 9. The quantitative estimate of drug-likeness (QED) is 0.0912. The number of aromatic nitrogens is 1. The number of oxime groups is 1. The molecule has 1 unspecified atom stereocenters. The van der Waals surface area contributed by atoms with Crippen LogP contribution in [0.2, 0.25) is 0 Å². The molecule has 2 aliphatic rings. The number of esters is 1. The van der Waals surface area contributed by atoms with Gasteiger partial charge in [0.1, 0.15) is 35.3 Å². The lowest BCUT2D eigenvalue weighted by molar-refractivity contribution is -0.150. The van der Waals surface area contributed by atoms with Crippen molar-refractivity contribution >= 4 is 81.2 Å². The van der Waals surface area contributed by atoms with E-state index in [1.165, 1.54) is 24.1 Å². The third kappa shape index (κ3) is 6.00. The SMILES string of the molecule is CC(=O)OCC1=C(C(=O)O)N2C(=O)C(NC(=O)C(=NOC(C)=O)c3csc(NC(=O)CCl)n3)[C@H]2SC1. The van der Waals surface area contributed by atoms with Gasteiger partial charge in [0.2, 0.25) is 5.91 Å². The third-order valence-corrected chi connectivity index (χ3v) is 6.92. The van der Waals surface area contributed by atoms with Gasteiger partial charge in [-0.25, -0.2) is 14.6 Å². The maximum absolute atomic E-state index is 13.0. The molecule has 17 heteroatoms. The molecule has 0 spiro atoms. The molecule has 36 heavy (non-hydrogen) atoms. The highest BCUT2D eigenvalue weighted by molar-refractivity contribution is 8.00. The molecule has 192 valence electrons. The van der Waals surface area contributed by atoms with Gasteiger partial charge in [-0.3, -0.25) is 24.1 Å². The van der Waals surface area contributed by atoms with Crippen molar-refractivity contribution < 1.29 is 43.4 Å². The highest BCUT2D eigenvalue weighted by atomic mass is 35.5. The number of thioether (sulfide) groups is 1. The Morgan fingerprint density at radius 3 is 2.61 bits per heavy atom. The predicted octanol–water partition coefficient (Wildman–Crippen LogP) is -0.111. The number of β-lactam (4-membered cyclic amide) rings is 1. The van der Waals surface area contributed by atoms with Crippen LogP contribution in [0.15, 0.2) is 21.8 Å². The maximum atomic E-state index is 13.0. The molecule has 3 N–H and O–H groups in total. The van der Waals surface area contributed by atoms with Gasteiger partial charge in [-0.2, -0.15) is 0 Å². The van der Waals surface area contributed by atoms with E-state index in [4.69, 9.17) is 16.3 Å². The van der Waals surface area contributed by atoms with Crippen LogP contribution in [-0.2, 0) is 38.3 Å². The lowest BCUT2D eigenvalue weighted by Crippen LogP contribution is -2.71. The molecule has 3 rings (SSSR count). The Hall–Kier alpha value is -3.50. The van der Waals surface area contributed by atoms with Gasteiger partial charge < -0.3 is 25.3 Å². The zero-order valence-electron chi connectivity index (χ0n) is 18.6. The highest BCUT2D eigenvalue weighted by Crippen LogP contribution is 2.40. The number of hydrogen-bond donors (Lipinski definition) is 3. The molecule has 0 bridgehead atoms. The molecule has 1 fully saturated rings. The monoisotopic (exact) mass is 559 g/mol. The lowest BCUT2D eigenvalue weighted by Gasteiger charge is -2.49. The molecule has 1 saturated heterocycles. The summed E-state index contributed by atoms with van der Waals surface area (Å²) in [7, 11) is 0. The first kappa shape index (κ1) is 27.1. The zero-order chi connectivity index (χ0) is 26.6. The zero-order valence-corrected chi connectivity index (χ0v) is 21.0. The number of fused-ring (bicyclic) bond motifs is 1.